The van der Waals surface area contributed by atoms with E-state index in [0.717, 1.165) is 5.56 Å². The Hall–Kier alpha value is -0.673. The van der Waals surface area contributed by atoms with Crippen molar-refractivity contribution in [2.24, 2.45) is 0 Å². The van der Waals surface area contributed by atoms with E-state index in [4.69, 9.17) is 4.43 Å². The summed E-state index contributed by atoms with van der Waals surface area (Å²) in [7, 11) is 2.90. The molecule has 9 heavy (non-hydrogen) atoms. The number of nitrogens with zero attached hydrogens (tertiary/aromatic N) is 1. The topological polar surface area (TPSA) is 22.1 Å². The third-order valence-corrected chi connectivity index (χ3v) is 1.11. The third-order valence-electron chi connectivity index (χ3n) is 0.962. The van der Waals surface area contributed by atoms with Gasteiger partial charge in [-0.25, -0.2) is 0 Å². The van der Waals surface area contributed by atoms with Gasteiger partial charge in [0.2, 0.25) is 10.5 Å². The van der Waals surface area contributed by atoms with Crippen molar-refractivity contribution in [3.8, 4) is 0 Å². The van der Waals surface area contributed by atoms with E-state index in [-0.39, 0.29) is 0 Å². The van der Waals surface area contributed by atoms with E-state index < -0.39 is 0 Å². The molecule has 0 aliphatic carbocycles. The summed E-state index contributed by atoms with van der Waals surface area (Å²) in [6, 6.07) is 3.83. The minimum Gasteiger partial charge on any atom is -0.414 e. The molecule has 1 rings (SSSR count). The quantitative estimate of drug-likeness (QED) is 0.558. The highest BCUT2D eigenvalue weighted by Gasteiger charge is 1.85. The average molecular weight is 136 g/mol. The minimum atomic E-state index is 0.560. The van der Waals surface area contributed by atoms with Crippen LogP contribution in [0, 0.1) is 0 Å². The summed E-state index contributed by atoms with van der Waals surface area (Å²) in [6.45, 7) is 0.560. The van der Waals surface area contributed by atoms with Gasteiger partial charge >= 0.3 is 0 Å². The van der Waals surface area contributed by atoms with Crippen molar-refractivity contribution in [3.63, 3.8) is 0 Å². The molecule has 0 amide bonds. The van der Waals surface area contributed by atoms with Crippen molar-refractivity contribution in [2.45, 2.75) is 6.61 Å². The van der Waals surface area contributed by atoms with E-state index in [1.807, 2.05) is 12.1 Å². The fraction of sp³-hybridized carbons (Fsp3) is 0.167. The van der Waals surface area contributed by atoms with Gasteiger partial charge in [-0.15, -0.1) is 0 Å². The maximum atomic E-state index is 4.69. The van der Waals surface area contributed by atoms with Crippen LogP contribution in [0.4, 0.5) is 0 Å². The van der Waals surface area contributed by atoms with E-state index in [9.17, 15) is 0 Å². The van der Waals surface area contributed by atoms with Gasteiger partial charge in [-0.2, -0.15) is 0 Å². The molecule has 0 unspecified atom stereocenters. The molecular formula is C6H6NOSi. The lowest BCUT2D eigenvalue weighted by atomic mass is 10.3. The highest BCUT2D eigenvalue weighted by molar-refractivity contribution is 5.97. The van der Waals surface area contributed by atoms with Crippen LogP contribution in [0.5, 0.6) is 0 Å². The Morgan fingerprint density at radius 1 is 1.67 bits per heavy atom. The summed E-state index contributed by atoms with van der Waals surface area (Å²) in [4.78, 5) is 3.90. The Kier molecular flexibility index (Phi) is 2.42. The molecule has 3 heteroatoms. The van der Waals surface area contributed by atoms with Crippen LogP contribution in [-0.4, -0.2) is 15.5 Å². The van der Waals surface area contributed by atoms with Crippen molar-refractivity contribution < 1.29 is 4.43 Å². The third kappa shape index (κ3) is 1.95. The molecule has 0 fully saturated rings. The summed E-state index contributed by atoms with van der Waals surface area (Å²) in [6.07, 6.45) is 3.50. The molecule has 0 bridgehead atoms. The van der Waals surface area contributed by atoms with Crippen molar-refractivity contribution >= 4 is 10.5 Å². The molecule has 0 atom stereocenters. The van der Waals surface area contributed by atoms with E-state index >= 15 is 0 Å². The van der Waals surface area contributed by atoms with Crippen LogP contribution >= 0.6 is 0 Å². The van der Waals surface area contributed by atoms with Crippen molar-refractivity contribution in [1.29, 1.82) is 0 Å². The fourth-order valence-corrected chi connectivity index (χ4v) is 0.734. The Balaban J connectivity index is 2.61. The summed E-state index contributed by atoms with van der Waals surface area (Å²) in [5.74, 6) is 0. The van der Waals surface area contributed by atoms with Gasteiger partial charge in [-0.3, -0.25) is 4.98 Å². The Morgan fingerprint density at radius 3 is 3.11 bits per heavy atom. The zero-order valence-corrected chi connectivity index (χ0v) is 5.87. The van der Waals surface area contributed by atoms with Gasteiger partial charge in [-0.05, 0) is 11.6 Å². The van der Waals surface area contributed by atoms with Crippen molar-refractivity contribution in [1.82, 2.24) is 4.98 Å². The number of aromatic nitrogens is 1. The van der Waals surface area contributed by atoms with E-state index in [1.165, 1.54) is 0 Å². The summed E-state index contributed by atoms with van der Waals surface area (Å²) in [5, 5.41) is 0. The van der Waals surface area contributed by atoms with Crippen LogP contribution in [0.1, 0.15) is 5.56 Å². The predicted molar refractivity (Wildman–Crippen MR) is 34.8 cm³/mol. The molecule has 0 aliphatic heterocycles. The monoisotopic (exact) mass is 136 g/mol. The molecule has 0 saturated heterocycles. The number of hydrogen-bond donors (Lipinski definition) is 0. The lowest BCUT2D eigenvalue weighted by molar-refractivity contribution is 0.338. The van der Waals surface area contributed by atoms with Crippen molar-refractivity contribution in [3.05, 3.63) is 30.1 Å². The van der Waals surface area contributed by atoms with Gasteiger partial charge in [0.05, 0.1) is 6.61 Å². The molecular weight excluding hydrogens is 130 g/mol. The smallest absolute Gasteiger partial charge is 0.246 e. The second kappa shape index (κ2) is 3.37. The number of rotatable bonds is 2. The summed E-state index contributed by atoms with van der Waals surface area (Å²) in [5.41, 5.74) is 1.06. The van der Waals surface area contributed by atoms with Crippen LogP contribution in [0.15, 0.2) is 24.5 Å². The maximum absolute atomic E-state index is 4.69. The van der Waals surface area contributed by atoms with Crippen LogP contribution < -0.4 is 0 Å². The van der Waals surface area contributed by atoms with Crippen LogP contribution in [0.25, 0.3) is 0 Å². The minimum absolute atomic E-state index is 0.560. The zero-order chi connectivity index (χ0) is 6.53. The Labute approximate surface area is 57.4 Å². The summed E-state index contributed by atoms with van der Waals surface area (Å²) < 4.78 is 4.69. The SMILES string of the molecule is [Si]OCc1cccnc1. The molecule has 0 saturated carbocycles. The van der Waals surface area contributed by atoms with Crippen molar-refractivity contribution in [2.75, 3.05) is 0 Å². The molecule has 3 radical (unpaired) electrons. The van der Waals surface area contributed by atoms with Crippen LogP contribution in [0.2, 0.25) is 0 Å². The normalized spacial score (nSPS) is 9.44. The molecule has 2 nitrogen and oxygen atoms in total. The summed E-state index contributed by atoms with van der Waals surface area (Å²) >= 11 is 0. The molecule has 0 aromatic carbocycles. The van der Waals surface area contributed by atoms with E-state index in [1.54, 1.807) is 12.4 Å². The average Bonchev–Trinajstić information content (AvgIpc) is 1.91. The predicted octanol–water partition coefficient (Wildman–Crippen LogP) is 0.682. The molecule has 1 aromatic rings. The molecule has 1 aromatic heterocycles. The van der Waals surface area contributed by atoms with Gasteiger partial charge in [-0.1, -0.05) is 6.07 Å². The lowest BCUT2D eigenvalue weighted by Crippen LogP contribution is -1.87. The van der Waals surface area contributed by atoms with Gasteiger partial charge in [0.15, 0.2) is 0 Å². The first-order valence-electron chi connectivity index (χ1n) is 2.61. The van der Waals surface area contributed by atoms with E-state index in [2.05, 4.69) is 15.5 Å². The fourth-order valence-electron chi connectivity index (χ4n) is 0.567. The maximum Gasteiger partial charge on any atom is 0.246 e. The van der Waals surface area contributed by atoms with Gasteiger partial charge in [0.25, 0.3) is 0 Å². The van der Waals surface area contributed by atoms with Crippen LogP contribution in [-0.2, 0) is 11.0 Å². The molecule has 45 valence electrons. The number of hydrogen-bond acceptors (Lipinski definition) is 2. The first-order chi connectivity index (χ1) is 4.43. The van der Waals surface area contributed by atoms with E-state index in [0.29, 0.717) is 6.61 Å². The van der Waals surface area contributed by atoms with Gasteiger partial charge < -0.3 is 4.43 Å². The second-order valence-electron chi connectivity index (χ2n) is 1.65. The highest BCUT2D eigenvalue weighted by Crippen LogP contribution is 1.95. The second-order valence-corrected chi connectivity index (χ2v) is 1.94. The number of pyridine rings is 1. The molecule has 0 aliphatic rings. The van der Waals surface area contributed by atoms with Gasteiger partial charge in [0, 0.05) is 12.4 Å². The lowest BCUT2D eigenvalue weighted by Gasteiger charge is -1.94. The first-order valence-corrected chi connectivity index (χ1v) is 3.02. The standard InChI is InChI=1S/C6H6NOSi/c9-8-5-6-2-1-3-7-4-6/h1-4H,5H2. The molecule has 0 N–H and O–H groups in total. The zero-order valence-electron chi connectivity index (χ0n) is 4.87. The molecule has 1 heterocycles. The molecule has 0 spiro atoms. The Bertz CT molecular complexity index is 166. The van der Waals surface area contributed by atoms with Gasteiger partial charge in [0.1, 0.15) is 0 Å². The highest BCUT2D eigenvalue weighted by atomic mass is 28.2. The largest absolute Gasteiger partial charge is 0.414 e. The van der Waals surface area contributed by atoms with Crippen LogP contribution in [0.3, 0.4) is 0 Å². The first kappa shape index (κ1) is 6.45. The Morgan fingerprint density at radius 2 is 2.56 bits per heavy atom.